The highest BCUT2D eigenvalue weighted by atomic mass is 32.1. The van der Waals surface area contributed by atoms with E-state index in [9.17, 15) is 5.11 Å². The molecule has 3 aromatic rings. The first-order chi connectivity index (χ1) is 7.83. The zero-order valence-corrected chi connectivity index (χ0v) is 10.6. The van der Waals surface area contributed by atoms with Gasteiger partial charge in [-0.2, -0.15) is 0 Å². The van der Waals surface area contributed by atoms with E-state index in [0.29, 0.717) is 5.75 Å². The Balaban J connectivity index is 2.50. The standard InChI is InChI=1S/C13H12OS2/c1-2-3-8-9-4-6-15-12(9)13-10(11(8)14)5-7-16-13/h4-7,14H,2-3H2,1H3. The van der Waals surface area contributed by atoms with Crippen molar-refractivity contribution in [3.63, 3.8) is 0 Å². The van der Waals surface area contributed by atoms with E-state index in [-0.39, 0.29) is 0 Å². The van der Waals surface area contributed by atoms with Gasteiger partial charge in [0.15, 0.2) is 0 Å². The molecule has 0 unspecified atom stereocenters. The van der Waals surface area contributed by atoms with E-state index in [4.69, 9.17) is 0 Å². The first-order valence-electron chi connectivity index (χ1n) is 5.41. The fourth-order valence-electron chi connectivity index (χ4n) is 2.19. The second-order valence-electron chi connectivity index (χ2n) is 3.90. The lowest BCUT2D eigenvalue weighted by molar-refractivity contribution is 0.475. The quantitative estimate of drug-likeness (QED) is 0.692. The number of rotatable bonds is 2. The Morgan fingerprint density at radius 2 is 1.69 bits per heavy atom. The van der Waals surface area contributed by atoms with E-state index in [0.717, 1.165) is 23.8 Å². The Morgan fingerprint density at radius 1 is 1.06 bits per heavy atom. The molecule has 0 spiro atoms. The molecule has 2 heterocycles. The lowest BCUT2D eigenvalue weighted by Crippen LogP contribution is -1.85. The molecule has 0 saturated carbocycles. The summed E-state index contributed by atoms with van der Waals surface area (Å²) in [5.74, 6) is 0.490. The molecule has 0 amide bonds. The van der Waals surface area contributed by atoms with Crippen molar-refractivity contribution < 1.29 is 5.11 Å². The van der Waals surface area contributed by atoms with Gasteiger partial charge in [0.2, 0.25) is 0 Å². The summed E-state index contributed by atoms with van der Waals surface area (Å²) < 4.78 is 2.55. The van der Waals surface area contributed by atoms with Gasteiger partial charge in [0.05, 0.1) is 9.40 Å². The zero-order valence-electron chi connectivity index (χ0n) is 8.99. The van der Waals surface area contributed by atoms with Crippen molar-refractivity contribution in [2.75, 3.05) is 0 Å². The minimum atomic E-state index is 0.490. The van der Waals surface area contributed by atoms with Crippen LogP contribution in [-0.2, 0) is 6.42 Å². The Morgan fingerprint density at radius 3 is 2.38 bits per heavy atom. The van der Waals surface area contributed by atoms with Crippen LogP contribution in [0, 0.1) is 0 Å². The highest BCUT2D eigenvalue weighted by Gasteiger charge is 2.14. The fraction of sp³-hybridized carbons (Fsp3) is 0.231. The van der Waals surface area contributed by atoms with E-state index in [1.165, 1.54) is 14.8 Å². The molecule has 1 N–H and O–H groups in total. The first-order valence-corrected chi connectivity index (χ1v) is 7.17. The minimum Gasteiger partial charge on any atom is -0.507 e. The molecule has 0 saturated heterocycles. The maximum atomic E-state index is 10.3. The van der Waals surface area contributed by atoms with Crippen LogP contribution in [0.2, 0.25) is 0 Å². The number of aryl methyl sites for hydroxylation is 1. The summed E-state index contributed by atoms with van der Waals surface area (Å²) in [7, 11) is 0. The van der Waals surface area contributed by atoms with Crippen LogP contribution in [0.25, 0.3) is 20.2 Å². The van der Waals surface area contributed by atoms with E-state index in [2.05, 4.69) is 23.8 Å². The van der Waals surface area contributed by atoms with Crippen molar-refractivity contribution in [2.24, 2.45) is 0 Å². The lowest BCUT2D eigenvalue weighted by atomic mass is 10.0. The van der Waals surface area contributed by atoms with Gasteiger partial charge >= 0.3 is 0 Å². The van der Waals surface area contributed by atoms with Gasteiger partial charge in [-0.25, -0.2) is 0 Å². The summed E-state index contributed by atoms with van der Waals surface area (Å²) in [4.78, 5) is 0. The van der Waals surface area contributed by atoms with Crippen molar-refractivity contribution >= 4 is 42.8 Å². The van der Waals surface area contributed by atoms with Gasteiger partial charge in [0, 0.05) is 16.3 Å². The smallest absolute Gasteiger partial charge is 0.128 e. The maximum absolute atomic E-state index is 10.3. The molecule has 16 heavy (non-hydrogen) atoms. The van der Waals surface area contributed by atoms with Crippen molar-refractivity contribution in [1.29, 1.82) is 0 Å². The third-order valence-electron chi connectivity index (χ3n) is 2.90. The zero-order chi connectivity index (χ0) is 11.1. The van der Waals surface area contributed by atoms with E-state index in [1.807, 2.05) is 6.07 Å². The molecule has 1 aromatic carbocycles. The van der Waals surface area contributed by atoms with Crippen LogP contribution in [0.15, 0.2) is 22.9 Å². The number of phenols is 1. The summed E-state index contributed by atoms with van der Waals surface area (Å²) in [6.45, 7) is 2.15. The van der Waals surface area contributed by atoms with Gasteiger partial charge in [-0.15, -0.1) is 22.7 Å². The van der Waals surface area contributed by atoms with Gasteiger partial charge in [-0.05, 0) is 29.3 Å². The molecular weight excluding hydrogens is 236 g/mol. The number of phenolic OH excluding ortho intramolecular Hbond substituents is 1. The number of thiophene rings is 2. The predicted molar refractivity (Wildman–Crippen MR) is 72.9 cm³/mol. The SMILES string of the molecule is CCCc1c(O)c2ccsc2c2sccc12. The lowest BCUT2D eigenvalue weighted by Gasteiger charge is -2.07. The highest BCUT2D eigenvalue weighted by molar-refractivity contribution is 7.25. The molecular formula is C13H12OS2. The second-order valence-corrected chi connectivity index (χ2v) is 5.74. The summed E-state index contributed by atoms with van der Waals surface area (Å²) in [6.07, 6.45) is 2.01. The van der Waals surface area contributed by atoms with Crippen molar-refractivity contribution in [1.82, 2.24) is 0 Å². The molecule has 0 aliphatic carbocycles. The Labute approximate surface area is 102 Å². The Bertz CT molecular complexity index is 648. The van der Waals surface area contributed by atoms with Gasteiger partial charge < -0.3 is 5.11 Å². The molecule has 3 heteroatoms. The van der Waals surface area contributed by atoms with Crippen molar-refractivity contribution in [3.8, 4) is 5.75 Å². The van der Waals surface area contributed by atoms with Crippen LogP contribution in [0.5, 0.6) is 5.75 Å². The first kappa shape index (κ1) is 10.1. The molecule has 0 aliphatic heterocycles. The van der Waals surface area contributed by atoms with E-state index >= 15 is 0 Å². The van der Waals surface area contributed by atoms with Gasteiger partial charge in [0.25, 0.3) is 0 Å². The number of benzene rings is 1. The summed E-state index contributed by atoms with van der Waals surface area (Å²) in [5.41, 5.74) is 1.12. The average molecular weight is 248 g/mol. The molecule has 82 valence electrons. The van der Waals surface area contributed by atoms with E-state index < -0.39 is 0 Å². The van der Waals surface area contributed by atoms with Crippen LogP contribution in [-0.4, -0.2) is 5.11 Å². The summed E-state index contributed by atoms with van der Waals surface area (Å²) in [6, 6.07) is 4.15. The van der Waals surface area contributed by atoms with Crippen LogP contribution in [0.4, 0.5) is 0 Å². The Hall–Kier alpha value is -1.06. The molecule has 0 aliphatic rings. The number of hydrogen-bond donors (Lipinski definition) is 1. The Kier molecular flexibility index (Phi) is 2.37. The van der Waals surface area contributed by atoms with Gasteiger partial charge in [0.1, 0.15) is 5.75 Å². The molecule has 3 rings (SSSR count). The molecule has 1 nitrogen and oxygen atoms in total. The molecule has 0 atom stereocenters. The van der Waals surface area contributed by atoms with Crippen molar-refractivity contribution in [2.45, 2.75) is 19.8 Å². The number of hydrogen-bond acceptors (Lipinski definition) is 3. The number of aromatic hydroxyl groups is 1. The largest absolute Gasteiger partial charge is 0.507 e. The monoisotopic (exact) mass is 248 g/mol. The highest BCUT2D eigenvalue weighted by Crippen LogP contribution is 2.42. The van der Waals surface area contributed by atoms with Crippen LogP contribution >= 0.6 is 22.7 Å². The third-order valence-corrected chi connectivity index (χ3v) is 4.90. The normalized spacial score (nSPS) is 11.6. The minimum absolute atomic E-state index is 0.490. The van der Waals surface area contributed by atoms with Crippen molar-refractivity contribution in [3.05, 3.63) is 28.5 Å². The molecule has 0 fully saturated rings. The predicted octanol–water partition coefficient (Wildman–Crippen LogP) is 4.77. The van der Waals surface area contributed by atoms with Crippen LogP contribution in [0.3, 0.4) is 0 Å². The molecule has 0 bridgehead atoms. The van der Waals surface area contributed by atoms with Gasteiger partial charge in [-0.1, -0.05) is 13.3 Å². The molecule has 0 radical (unpaired) electrons. The third kappa shape index (κ3) is 1.28. The summed E-state index contributed by atoms with van der Waals surface area (Å²) in [5, 5.41) is 16.7. The fourth-order valence-corrected chi connectivity index (χ4v) is 4.20. The van der Waals surface area contributed by atoms with Gasteiger partial charge in [-0.3, -0.25) is 0 Å². The topological polar surface area (TPSA) is 20.2 Å². The van der Waals surface area contributed by atoms with Crippen LogP contribution < -0.4 is 0 Å². The maximum Gasteiger partial charge on any atom is 0.128 e. The van der Waals surface area contributed by atoms with Crippen LogP contribution in [0.1, 0.15) is 18.9 Å². The summed E-state index contributed by atoms with van der Waals surface area (Å²) >= 11 is 3.48. The number of fused-ring (bicyclic) bond motifs is 3. The second kappa shape index (κ2) is 3.75. The molecule has 2 aromatic heterocycles. The average Bonchev–Trinajstić information content (AvgIpc) is 2.90. The van der Waals surface area contributed by atoms with E-state index in [1.54, 1.807) is 22.7 Å².